The van der Waals surface area contributed by atoms with Gasteiger partial charge in [-0.05, 0) is 50.6 Å². The van der Waals surface area contributed by atoms with Gasteiger partial charge in [-0.2, -0.15) is 0 Å². The van der Waals surface area contributed by atoms with E-state index < -0.39 is 0 Å². The molecular formula is C12H17N3. The maximum absolute atomic E-state index is 4.20. The molecule has 0 fully saturated rings. The molecule has 0 atom stereocenters. The number of hydrogen-bond donors (Lipinski definition) is 2. The van der Waals surface area contributed by atoms with Crippen LogP contribution >= 0.6 is 0 Å². The van der Waals surface area contributed by atoms with E-state index in [-0.39, 0.29) is 0 Å². The summed E-state index contributed by atoms with van der Waals surface area (Å²) in [4.78, 5) is 7.34. The molecule has 0 spiro atoms. The smallest absolute Gasteiger partial charge is 0.0931 e. The van der Waals surface area contributed by atoms with Crippen LogP contribution in [0.25, 0.3) is 11.0 Å². The Morgan fingerprint density at radius 1 is 1.33 bits per heavy atom. The topological polar surface area (TPSA) is 40.7 Å². The number of rotatable bonds is 5. The number of hydrogen-bond acceptors (Lipinski definition) is 2. The van der Waals surface area contributed by atoms with Crippen molar-refractivity contribution >= 4 is 11.0 Å². The van der Waals surface area contributed by atoms with Crippen LogP contribution in [0.1, 0.15) is 18.4 Å². The van der Waals surface area contributed by atoms with Gasteiger partial charge >= 0.3 is 0 Å². The molecule has 2 N–H and O–H groups in total. The highest BCUT2D eigenvalue weighted by Crippen LogP contribution is 2.13. The lowest BCUT2D eigenvalue weighted by atomic mass is 10.1. The summed E-state index contributed by atoms with van der Waals surface area (Å²) >= 11 is 0. The second kappa shape index (κ2) is 4.94. The van der Waals surface area contributed by atoms with Crippen molar-refractivity contribution in [1.82, 2.24) is 15.3 Å². The maximum atomic E-state index is 4.20. The van der Waals surface area contributed by atoms with Crippen LogP contribution in [0.15, 0.2) is 24.5 Å². The molecule has 0 aliphatic rings. The molecule has 0 bridgehead atoms. The molecule has 80 valence electrons. The van der Waals surface area contributed by atoms with Gasteiger partial charge in [0.1, 0.15) is 0 Å². The third-order valence-electron chi connectivity index (χ3n) is 2.63. The fourth-order valence-electron chi connectivity index (χ4n) is 1.77. The van der Waals surface area contributed by atoms with E-state index in [0.29, 0.717) is 0 Å². The first-order valence-corrected chi connectivity index (χ1v) is 5.47. The van der Waals surface area contributed by atoms with Gasteiger partial charge < -0.3 is 10.3 Å². The zero-order valence-electron chi connectivity index (χ0n) is 9.09. The Kier molecular flexibility index (Phi) is 3.35. The molecule has 15 heavy (non-hydrogen) atoms. The van der Waals surface area contributed by atoms with Crippen molar-refractivity contribution in [2.24, 2.45) is 0 Å². The number of aryl methyl sites for hydroxylation is 1. The van der Waals surface area contributed by atoms with E-state index in [4.69, 9.17) is 0 Å². The van der Waals surface area contributed by atoms with Gasteiger partial charge in [0.2, 0.25) is 0 Å². The molecule has 2 aromatic rings. The van der Waals surface area contributed by atoms with E-state index in [1.54, 1.807) is 6.33 Å². The minimum Gasteiger partial charge on any atom is -0.345 e. The van der Waals surface area contributed by atoms with Crippen molar-refractivity contribution in [3.63, 3.8) is 0 Å². The first-order valence-electron chi connectivity index (χ1n) is 5.47. The maximum Gasteiger partial charge on any atom is 0.0931 e. The van der Waals surface area contributed by atoms with Crippen LogP contribution in [-0.4, -0.2) is 23.6 Å². The standard InChI is InChI=1S/C12H17N3/c1-13-7-3-2-4-10-5-6-11-12(8-10)15-9-14-11/h5-6,8-9,13H,2-4,7H2,1H3,(H,14,15). The monoisotopic (exact) mass is 203 g/mol. The van der Waals surface area contributed by atoms with Crippen molar-refractivity contribution in [1.29, 1.82) is 0 Å². The lowest BCUT2D eigenvalue weighted by molar-refractivity contribution is 0.677. The molecular weight excluding hydrogens is 186 g/mol. The number of H-pyrrole nitrogens is 1. The molecule has 0 amide bonds. The predicted molar refractivity (Wildman–Crippen MR) is 63.0 cm³/mol. The van der Waals surface area contributed by atoms with Crippen molar-refractivity contribution in [3.8, 4) is 0 Å². The van der Waals surface area contributed by atoms with Crippen LogP contribution in [0, 0.1) is 0 Å². The Morgan fingerprint density at radius 3 is 3.13 bits per heavy atom. The number of aromatic amines is 1. The molecule has 0 aliphatic heterocycles. The Labute approximate surface area is 89.9 Å². The number of nitrogens with zero attached hydrogens (tertiary/aromatic N) is 1. The van der Waals surface area contributed by atoms with Crippen molar-refractivity contribution in [2.75, 3.05) is 13.6 Å². The highest BCUT2D eigenvalue weighted by atomic mass is 14.9. The van der Waals surface area contributed by atoms with E-state index in [1.165, 1.54) is 18.4 Å². The van der Waals surface area contributed by atoms with Gasteiger partial charge in [-0.3, -0.25) is 0 Å². The molecule has 3 nitrogen and oxygen atoms in total. The first kappa shape index (κ1) is 10.2. The molecule has 0 aliphatic carbocycles. The van der Waals surface area contributed by atoms with Crippen LogP contribution in [0.2, 0.25) is 0 Å². The normalized spacial score (nSPS) is 11.0. The molecule has 0 radical (unpaired) electrons. The number of benzene rings is 1. The fourth-order valence-corrected chi connectivity index (χ4v) is 1.77. The van der Waals surface area contributed by atoms with Gasteiger partial charge in [0.05, 0.1) is 17.4 Å². The third kappa shape index (κ3) is 2.57. The van der Waals surface area contributed by atoms with Gasteiger partial charge in [0.25, 0.3) is 0 Å². The van der Waals surface area contributed by atoms with Crippen LogP contribution in [-0.2, 0) is 6.42 Å². The zero-order chi connectivity index (χ0) is 10.5. The van der Waals surface area contributed by atoms with Crippen LogP contribution < -0.4 is 5.32 Å². The van der Waals surface area contributed by atoms with E-state index in [2.05, 4.69) is 33.5 Å². The molecule has 3 heteroatoms. The SMILES string of the molecule is CNCCCCc1ccc2nc[nH]c2c1. The highest BCUT2D eigenvalue weighted by molar-refractivity contribution is 5.74. The number of aromatic nitrogens is 2. The van der Waals surface area contributed by atoms with Crippen molar-refractivity contribution < 1.29 is 0 Å². The van der Waals surface area contributed by atoms with E-state index in [9.17, 15) is 0 Å². The average molecular weight is 203 g/mol. The van der Waals surface area contributed by atoms with Crippen LogP contribution in [0.5, 0.6) is 0 Å². The first-order chi connectivity index (χ1) is 7.40. The van der Waals surface area contributed by atoms with Gasteiger partial charge in [0.15, 0.2) is 0 Å². The summed E-state index contributed by atoms with van der Waals surface area (Å²) in [6.45, 7) is 1.10. The van der Waals surface area contributed by atoms with Gasteiger partial charge in [-0.1, -0.05) is 6.07 Å². The minimum atomic E-state index is 1.05. The molecule has 0 unspecified atom stereocenters. The second-order valence-corrected chi connectivity index (χ2v) is 3.81. The number of nitrogens with one attached hydrogen (secondary N) is 2. The van der Waals surface area contributed by atoms with Crippen LogP contribution in [0.3, 0.4) is 0 Å². The highest BCUT2D eigenvalue weighted by Gasteiger charge is 1.98. The average Bonchev–Trinajstić information content (AvgIpc) is 2.71. The Hall–Kier alpha value is -1.35. The summed E-state index contributed by atoms with van der Waals surface area (Å²) in [7, 11) is 2.00. The Bertz CT molecular complexity index is 419. The molecule has 0 saturated heterocycles. The van der Waals surface area contributed by atoms with Crippen molar-refractivity contribution in [2.45, 2.75) is 19.3 Å². The Balaban J connectivity index is 1.96. The summed E-state index contributed by atoms with van der Waals surface area (Å²) in [5.74, 6) is 0. The lowest BCUT2D eigenvalue weighted by Gasteiger charge is -2.01. The van der Waals surface area contributed by atoms with Gasteiger partial charge in [-0.25, -0.2) is 4.98 Å². The lowest BCUT2D eigenvalue weighted by Crippen LogP contribution is -2.07. The molecule has 2 rings (SSSR count). The molecule has 1 heterocycles. The second-order valence-electron chi connectivity index (χ2n) is 3.81. The zero-order valence-corrected chi connectivity index (χ0v) is 9.09. The van der Waals surface area contributed by atoms with E-state index >= 15 is 0 Å². The number of fused-ring (bicyclic) bond motifs is 1. The number of imidazole rings is 1. The molecule has 1 aromatic carbocycles. The van der Waals surface area contributed by atoms with Crippen LogP contribution in [0.4, 0.5) is 0 Å². The Morgan fingerprint density at radius 2 is 2.27 bits per heavy atom. The third-order valence-corrected chi connectivity index (χ3v) is 2.63. The molecule has 1 aromatic heterocycles. The summed E-state index contributed by atoms with van der Waals surface area (Å²) < 4.78 is 0. The minimum absolute atomic E-state index is 1.05. The number of unbranched alkanes of at least 4 members (excludes halogenated alkanes) is 1. The van der Waals surface area contributed by atoms with E-state index in [0.717, 1.165) is 24.0 Å². The summed E-state index contributed by atoms with van der Waals surface area (Å²) in [6.07, 6.45) is 5.37. The molecule has 0 saturated carbocycles. The van der Waals surface area contributed by atoms with Gasteiger partial charge in [-0.15, -0.1) is 0 Å². The summed E-state index contributed by atoms with van der Waals surface area (Å²) in [5.41, 5.74) is 3.58. The predicted octanol–water partition coefficient (Wildman–Crippen LogP) is 2.10. The van der Waals surface area contributed by atoms with Crippen molar-refractivity contribution in [3.05, 3.63) is 30.1 Å². The fraction of sp³-hybridized carbons (Fsp3) is 0.417. The largest absolute Gasteiger partial charge is 0.345 e. The quantitative estimate of drug-likeness (QED) is 0.731. The van der Waals surface area contributed by atoms with Gasteiger partial charge in [0, 0.05) is 0 Å². The summed E-state index contributed by atoms with van der Waals surface area (Å²) in [6, 6.07) is 6.45. The summed E-state index contributed by atoms with van der Waals surface area (Å²) in [5, 5.41) is 3.16. The van der Waals surface area contributed by atoms with E-state index in [1.807, 2.05) is 7.05 Å².